The molecule has 0 radical (unpaired) electrons. The highest BCUT2D eigenvalue weighted by atomic mass is 16.5. The maximum atomic E-state index is 6.18. The first-order valence-electron chi connectivity index (χ1n) is 8.43. The number of benzene rings is 1. The Balaban J connectivity index is 1.89. The average Bonchev–Trinajstić information content (AvgIpc) is 2.38. The van der Waals surface area contributed by atoms with Crippen LogP contribution in [0.5, 0.6) is 5.75 Å². The van der Waals surface area contributed by atoms with Crippen molar-refractivity contribution in [3.8, 4) is 5.75 Å². The van der Waals surface area contributed by atoms with E-state index in [0.717, 1.165) is 11.7 Å². The van der Waals surface area contributed by atoms with Crippen LogP contribution in [0.15, 0.2) is 24.3 Å². The van der Waals surface area contributed by atoms with Crippen molar-refractivity contribution in [1.29, 1.82) is 0 Å². The lowest BCUT2D eigenvalue weighted by molar-refractivity contribution is 0.0882. The standard InChI is InChI=1S/C20H32O/c1-19(2,3)15-7-11-17(12-8-15)21-18-13-9-16(10-14-18)20(4,5)6/h7-8,11-12,16,18H,9-10,13-14H2,1-6H3. The molecule has 1 saturated carbocycles. The van der Waals surface area contributed by atoms with E-state index in [1.54, 1.807) is 0 Å². The van der Waals surface area contributed by atoms with Gasteiger partial charge in [0.2, 0.25) is 0 Å². The van der Waals surface area contributed by atoms with Crippen molar-refractivity contribution < 1.29 is 4.74 Å². The van der Waals surface area contributed by atoms with Crippen molar-refractivity contribution in [3.05, 3.63) is 29.8 Å². The second kappa shape index (κ2) is 6.02. The summed E-state index contributed by atoms with van der Waals surface area (Å²) in [6, 6.07) is 8.68. The molecular weight excluding hydrogens is 256 g/mol. The molecule has 1 aromatic rings. The predicted molar refractivity (Wildman–Crippen MR) is 91.0 cm³/mol. The average molecular weight is 288 g/mol. The fourth-order valence-corrected chi connectivity index (χ4v) is 3.27. The Morgan fingerprint density at radius 1 is 0.810 bits per heavy atom. The molecule has 0 heterocycles. The fourth-order valence-electron chi connectivity index (χ4n) is 3.27. The summed E-state index contributed by atoms with van der Waals surface area (Å²) >= 11 is 0. The lowest BCUT2D eigenvalue weighted by Crippen LogP contribution is -2.30. The zero-order valence-electron chi connectivity index (χ0n) is 14.7. The maximum Gasteiger partial charge on any atom is 0.119 e. The van der Waals surface area contributed by atoms with E-state index in [-0.39, 0.29) is 5.41 Å². The zero-order valence-corrected chi connectivity index (χ0v) is 14.7. The van der Waals surface area contributed by atoms with E-state index in [2.05, 4.69) is 65.8 Å². The number of rotatable bonds is 2. The van der Waals surface area contributed by atoms with Crippen molar-refractivity contribution in [2.45, 2.75) is 78.7 Å². The molecule has 1 aliphatic carbocycles. The molecule has 1 fully saturated rings. The van der Waals surface area contributed by atoms with Gasteiger partial charge in [-0.2, -0.15) is 0 Å². The van der Waals surface area contributed by atoms with Crippen LogP contribution in [0.4, 0.5) is 0 Å². The third kappa shape index (κ3) is 4.49. The van der Waals surface area contributed by atoms with Crippen LogP contribution in [0, 0.1) is 11.3 Å². The summed E-state index contributed by atoms with van der Waals surface area (Å²) in [5.74, 6) is 1.88. The molecule has 0 spiro atoms. The van der Waals surface area contributed by atoms with E-state index in [9.17, 15) is 0 Å². The molecule has 0 atom stereocenters. The summed E-state index contributed by atoms with van der Waals surface area (Å²) in [6.07, 6.45) is 5.40. The molecule has 0 aliphatic heterocycles. The minimum atomic E-state index is 0.212. The van der Waals surface area contributed by atoms with E-state index < -0.39 is 0 Å². The van der Waals surface area contributed by atoms with Gasteiger partial charge >= 0.3 is 0 Å². The Labute approximate surface area is 131 Å². The molecule has 1 aliphatic rings. The number of ether oxygens (including phenoxy) is 1. The fraction of sp³-hybridized carbons (Fsp3) is 0.700. The van der Waals surface area contributed by atoms with Gasteiger partial charge in [0, 0.05) is 0 Å². The predicted octanol–water partition coefficient (Wildman–Crippen LogP) is 5.97. The molecule has 1 aromatic carbocycles. The first-order chi connectivity index (χ1) is 9.66. The smallest absolute Gasteiger partial charge is 0.119 e. The molecule has 1 nitrogen and oxygen atoms in total. The van der Waals surface area contributed by atoms with Gasteiger partial charge in [-0.3, -0.25) is 0 Å². The van der Waals surface area contributed by atoms with E-state index in [0.29, 0.717) is 11.5 Å². The lowest BCUT2D eigenvalue weighted by atomic mass is 9.72. The second-order valence-corrected chi connectivity index (χ2v) is 8.73. The van der Waals surface area contributed by atoms with E-state index >= 15 is 0 Å². The van der Waals surface area contributed by atoms with Crippen molar-refractivity contribution in [2.75, 3.05) is 0 Å². The van der Waals surface area contributed by atoms with Crippen molar-refractivity contribution in [2.24, 2.45) is 11.3 Å². The topological polar surface area (TPSA) is 9.23 Å². The van der Waals surface area contributed by atoms with Gasteiger partial charge in [-0.05, 0) is 60.1 Å². The third-order valence-corrected chi connectivity index (χ3v) is 4.92. The van der Waals surface area contributed by atoms with Crippen molar-refractivity contribution in [3.63, 3.8) is 0 Å². The van der Waals surface area contributed by atoms with Gasteiger partial charge in [0.1, 0.15) is 5.75 Å². The Morgan fingerprint density at radius 3 is 1.76 bits per heavy atom. The molecular formula is C20H32O. The third-order valence-electron chi connectivity index (χ3n) is 4.92. The first kappa shape index (κ1) is 16.4. The molecule has 118 valence electrons. The highest BCUT2D eigenvalue weighted by molar-refractivity contribution is 5.31. The lowest BCUT2D eigenvalue weighted by Gasteiger charge is -2.37. The van der Waals surface area contributed by atoms with Crippen molar-refractivity contribution in [1.82, 2.24) is 0 Å². The van der Waals surface area contributed by atoms with Crippen LogP contribution in [0.25, 0.3) is 0 Å². The van der Waals surface area contributed by atoms with E-state index in [1.165, 1.54) is 31.2 Å². The Kier molecular flexibility index (Phi) is 4.70. The SMILES string of the molecule is CC(C)(C)c1ccc(OC2CCC(C(C)(C)C)CC2)cc1. The zero-order chi connectivity index (χ0) is 15.7. The largest absolute Gasteiger partial charge is 0.490 e. The molecule has 0 amide bonds. The van der Waals surface area contributed by atoms with Gasteiger partial charge in [0.05, 0.1) is 6.10 Å². The van der Waals surface area contributed by atoms with Gasteiger partial charge in [-0.15, -0.1) is 0 Å². The molecule has 0 N–H and O–H groups in total. The molecule has 21 heavy (non-hydrogen) atoms. The van der Waals surface area contributed by atoms with E-state index in [1.807, 2.05) is 0 Å². The van der Waals surface area contributed by atoms with Gasteiger partial charge in [-0.25, -0.2) is 0 Å². The first-order valence-corrected chi connectivity index (χ1v) is 8.43. The summed E-state index contributed by atoms with van der Waals surface area (Å²) in [5, 5.41) is 0. The van der Waals surface area contributed by atoms with Gasteiger partial charge in [0.15, 0.2) is 0 Å². The number of hydrogen-bond donors (Lipinski definition) is 0. The highest BCUT2D eigenvalue weighted by Crippen LogP contribution is 2.38. The Hall–Kier alpha value is -0.980. The van der Waals surface area contributed by atoms with Crippen LogP contribution < -0.4 is 4.74 Å². The van der Waals surface area contributed by atoms with Gasteiger partial charge < -0.3 is 4.74 Å². The summed E-state index contributed by atoms with van der Waals surface area (Å²) < 4.78 is 6.18. The van der Waals surface area contributed by atoms with Crippen LogP contribution in [-0.4, -0.2) is 6.10 Å². The van der Waals surface area contributed by atoms with Crippen molar-refractivity contribution >= 4 is 0 Å². The molecule has 0 aromatic heterocycles. The van der Waals surface area contributed by atoms with Gasteiger partial charge in [-0.1, -0.05) is 53.7 Å². The van der Waals surface area contributed by atoms with Crippen LogP contribution in [0.1, 0.15) is 72.8 Å². The summed E-state index contributed by atoms with van der Waals surface area (Å²) in [7, 11) is 0. The molecule has 0 saturated heterocycles. The van der Waals surface area contributed by atoms with Crippen LogP contribution >= 0.6 is 0 Å². The van der Waals surface area contributed by atoms with Crippen LogP contribution in [-0.2, 0) is 5.41 Å². The normalized spacial score (nSPS) is 23.9. The molecule has 2 rings (SSSR count). The highest BCUT2D eigenvalue weighted by Gasteiger charge is 2.30. The molecule has 0 unspecified atom stereocenters. The molecule has 1 heteroatoms. The molecule has 0 bridgehead atoms. The summed E-state index contributed by atoms with van der Waals surface area (Å²) in [4.78, 5) is 0. The number of hydrogen-bond acceptors (Lipinski definition) is 1. The monoisotopic (exact) mass is 288 g/mol. The second-order valence-electron chi connectivity index (χ2n) is 8.73. The minimum Gasteiger partial charge on any atom is -0.490 e. The maximum absolute atomic E-state index is 6.18. The van der Waals surface area contributed by atoms with E-state index in [4.69, 9.17) is 4.74 Å². The quantitative estimate of drug-likeness (QED) is 0.651. The van der Waals surface area contributed by atoms with Crippen LogP contribution in [0.2, 0.25) is 0 Å². The summed E-state index contributed by atoms with van der Waals surface area (Å²) in [5.41, 5.74) is 2.02. The van der Waals surface area contributed by atoms with Crippen LogP contribution in [0.3, 0.4) is 0 Å². The minimum absolute atomic E-state index is 0.212. The van der Waals surface area contributed by atoms with Gasteiger partial charge in [0.25, 0.3) is 0 Å². The Morgan fingerprint density at radius 2 is 1.33 bits per heavy atom. The summed E-state index contributed by atoms with van der Waals surface area (Å²) in [6.45, 7) is 13.8. The Bertz CT molecular complexity index is 436.